The summed E-state index contributed by atoms with van der Waals surface area (Å²) >= 11 is 1.30. The molecule has 1 N–H and O–H groups in total. The van der Waals surface area contributed by atoms with Crippen molar-refractivity contribution in [3.8, 4) is 0 Å². The Balaban J connectivity index is 1.88. The molecule has 0 unspecified atom stereocenters. The molecule has 0 aliphatic carbocycles. The zero-order chi connectivity index (χ0) is 12.8. The third-order valence-electron chi connectivity index (χ3n) is 2.35. The Bertz CT molecular complexity index is 504. The summed E-state index contributed by atoms with van der Waals surface area (Å²) in [5, 5.41) is 8.04. The average molecular weight is 267 g/mol. The van der Waals surface area contributed by atoms with Gasteiger partial charge >= 0.3 is 0 Å². The van der Waals surface area contributed by atoms with Gasteiger partial charge < -0.3 is 10.1 Å². The number of nitrogens with one attached hydrogen (secondary N) is 1. The summed E-state index contributed by atoms with van der Waals surface area (Å²) in [7, 11) is 0. The molecule has 2 rings (SSSR count). The van der Waals surface area contributed by atoms with Crippen LogP contribution in [0.2, 0.25) is 0 Å². The first-order valence-electron chi connectivity index (χ1n) is 5.67. The molecule has 0 bridgehead atoms. The maximum atomic E-state index is 13.3. The highest BCUT2D eigenvalue weighted by molar-refractivity contribution is 7.10. The van der Waals surface area contributed by atoms with Gasteiger partial charge in [-0.2, -0.15) is 0 Å². The normalized spacial score (nSPS) is 10.6. The fraction of sp³-hybridized carbons (Fsp3) is 0.333. The highest BCUT2D eigenvalue weighted by Gasteiger charge is 2.07. The molecule has 1 aromatic heterocycles. The lowest BCUT2D eigenvalue weighted by Crippen LogP contribution is -2.01. The van der Waals surface area contributed by atoms with Gasteiger partial charge in [0.1, 0.15) is 16.5 Å². The van der Waals surface area contributed by atoms with Crippen LogP contribution in [0.25, 0.3) is 0 Å². The van der Waals surface area contributed by atoms with Gasteiger partial charge in [-0.05, 0) is 13.0 Å². The van der Waals surface area contributed by atoms with Crippen molar-refractivity contribution in [3.63, 3.8) is 0 Å². The van der Waals surface area contributed by atoms with Crippen LogP contribution in [0, 0.1) is 5.82 Å². The third-order valence-corrected chi connectivity index (χ3v) is 3.07. The van der Waals surface area contributed by atoms with Gasteiger partial charge in [-0.1, -0.05) is 22.7 Å². The zero-order valence-electron chi connectivity index (χ0n) is 10.0. The number of nitrogens with zero attached hydrogens (tertiary/aromatic N) is 2. The Kier molecular flexibility index (Phi) is 4.60. The molecule has 0 aliphatic heterocycles. The second kappa shape index (κ2) is 6.42. The standard InChI is InChI=1S/C12H14FN3OS/c1-2-14-12-11(15-16-18-12)8-17-7-9-5-3-4-6-10(9)13/h3-6,14H,2,7-8H2,1H3. The molecule has 18 heavy (non-hydrogen) atoms. The first kappa shape index (κ1) is 12.9. The van der Waals surface area contributed by atoms with E-state index in [9.17, 15) is 4.39 Å². The monoisotopic (exact) mass is 267 g/mol. The van der Waals surface area contributed by atoms with Crippen molar-refractivity contribution in [3.05, 3.63) is 41.3 Å². The summed E-state index contributed by atoms with van der Waals surface area (Å²) in [6, 6.07) is 6.58. The molecule has 0 atom stereocenters. The van der Waals surface area contributed by atoms with E-state index < -0.39 is 0 Å². The van der Waals surface area contributed by atoms with Crippen LogP contribution in [0.5, 0.6) is 0 Å². The predicted octanol–water partition coefficient (Wildman–Crippen LogP) is 2.83. The minimum Gasteiger partial charge on any atom is -0.374 e. The average Bonchev–Trinajstić information content (AvgIpc) is 2.80. The van der Waals surface area contributed by atoms with Crippen LogP contribution in [-0.2, 0) is 18.0 Å². The SMILES string of the molecule is CCNc1snnc1COCc1ccccc1F. The Morgan fingerprint density at radius 3 is 2.94 bits per heavy atom. The molecule has 96 valence electrons. The summed E-state index contributed by atoms with van der Waals surface area (Å²) in [6.07, 6.45) is 0. The topological polar surface area (TPSA) is 47.0 Å². The van der Waals surface area contributed by atoms with E-state index in [2.05, 4.69) is 14.9 Å². The van der Waals surface area contributed by atoms with Crippen LogP contribution in [0.1, 0.15) is 18.2 Å². The van der Waals surface area contributed by atoms with Crippen molar-refractivity contribution in [2.24, 2.45) is 0 Å². The van der Waals surface area contributed by atoms with E-state index in [1.54, 1.807) is 18.2 Å². The van der Waals surface area contributed by atoms with Crippen LogP contribution < -0.4 is 5.32 Å². The number of halogens is 1. The number of aromatic nitrogens is 2. The number of ether oxygens (including phenoxy) is 1. The van der Waals surface area contributed by atoms with Crippen LogP contribution in [0.3, 0.4) is 0 Å². The van der Waals surface area contributed by atoms with Gasteiger partial charge in [-0.25, -0.2) is 4.39 Å². The number of anilines is 1. The minimum atomic E-state index is -0.249. The summed E-state index contributed by atoms with van der Waals surface area (Å²) < 4.78 is 22.7. The lowest BCUT2D eigenvalue weighted by Gasteiger charge is -2.05. The van der Waals surface area contributed by atoms with Gasteiger partial charge in [0.05, 0.1) is 13.2 Å². The van der Waals surface area contributed by atoms with E-state index in [-0.39, 0.29) is 12.4 Å². The number of benzene rings is 1. The van der Waals surface area contributed by atoms with Crippen molar-refractivity contribution >= 4 is 16.5 Å². The van der Waals surface area contributed by atoms with Gasteiger partial charge in [0.15, 0.2) is 0 Å². The second-order valence-electron chi connectivity index (χ2n) is 3.66. The van der Waals surface area contributed by atoms with E-state index >= 15 is 0 Å². The molecule has 0 amide bonds. The quantitative estimate of drug-likeness (QED) is 0.874. The molecule has 0 saturated carbocycles. The molecule has 0 fully saturated rings. The van der Waals surface area contributed by atoms with Gasteiger partial charge in [0.25, 0.3) is 0 Å². The van der Waals surface area contributed by atoms with Crippen LogP contribution >= 0.6 is 11.5 Å². The summed E-state index contributed by atoms with van der Waals surface area (Å²) in [6.45, 7) is 3.37. The molecule has 2 aromatic rings. The lowest BCUT2D eigenvalue weighted by atomic mass is 10.2. The number of hydrogen-bond donors (Lipinski definition) is 1. The zero-order valence-corrected chi connectivity index (χ0v) is 10.8. The Morgan fingerprint density at radius 2 is 2.17 bits per heavy atom. The summed E-state index contributed by atoms with van der Waals surface area (Å²) in [4.78, 5) is 0. The van der Waals surface area contributed by atoms with Crippen molar-refractivity contribution in [2.45, 2.75) is 20.1 Å². The molecule has 0 spiro atoms. The van der Waals surface area contributed by atoms with Gasteiger partial charge in [0, 0.05) is 23.6 Å². The van der Waals surface area contributed by atoms with Crippen molar-refractivity contribution < 1.29 is 9.13 Å². The first-order chi connectivity index (χ1) is 8.81. The smallest absolute Gasteiger partial charge is 0.135 e. The van der Waals surface area contributed by atoms with Gasteiger partial charge in [-0.15, -0.1) is 5.10 Å². The summed E-state index contributed by atoms with van der Waals surface area (Å²) in [5.41, 5.74) is 1.31. The van der Waals surface area contributed by atoms with Gasteiger partial charge in [0.2, 0.25) is 0 Å². The molecular formula is C12H14FN3OS. The van der Waals surface area contributed by atoms with Gasteiger partial charge in [-0.3, -0.25) is 0 Å². The lowest BCUT2D eigenvalue weighted by molar-refractivity contribution is 0.102. The minimum absolute atomic E-state index is 0.232. The number of hydrogen-bond acceptors (Lipinski definition) is 5. The fourth-order valence-corrected chi connectivity index (χ4v) is 2.11. The van der Waals surface area contributed by atoms with Crippen LogP contribution in [0.4, 0.5) is 9.39 Å². The molecule has 0 aliphatic rings. The Morgan fingerprint density at radius 1 is 1.33 bits per heavy atom. The van der Waals surface area contributed by atoms with E-state index in [4.69, 9.17) is 4.74 Å². The van der Waals surface area contributed by atoms with Crippen molar-refractivity contribution in [2.75, 3.05) is 11.9 Å². The first-order valence-corrected chi connectivity index (χ1v) is 6.45. The largest absolute Gasteiger partial charge is 0.374 e. The van der Waals surface area contributed by atoms with E-state index in [0.29, 0.717) is 12.2 Å². The molecule has 0 saturated heterocycles. The van der Waals surface area contributed by atoms with Crippen LogP contribution in [0.15, 0.2) is 24.3 Å². The molecule has 4 nitrogen and oxygen atoms in total. The highest BCUT2D eigenvalue weighted by atomic mass is 32.1. The number of rotatable bonds is 6. The van der Waals surface area contributed by atoms with Crippen LogP contribution in [-0.4, -0.2) is 16.1 Å². The van der Waals surface area contributed by atoms with E-state index in [1.807, 2.05) is 6.92 Å². The third kappa shape index (κ3) is 3.24. The molecule has 0 radical (unpaired) electrons. The summed E-state index contributed by atoms with van der Waals surface area (Å²) in [5.74, 6) is -0.249. The maximum Gasteiger partial charge on any atom is 0.135 e. The fourth-order valence-electron chi connectivity index (χ4n) is 1.47. The Labute approximate surface area is 109 Å². The Hall–Kier alpha value is -1.53. The maximum absolute atomic E-state index is 13.3. The molecule has 1 heterocycles. The van der Waals surface area contributed by atoms with E-state index in [1.165, 1.54) is 17.6 Å². The van der Waals surface area contributed by atoms with Crippen molar-refractivity contribution in [1.82, 2.24) is 9.59 Å². The van der Waals surface area contributed by atoms with E-state index in [0.717, 1.165) is 17.2 Å². The second-order valence-corrected chi connectivity index (χ2v) is 4.42. The molecule has 6 heteroatoms. The van der Waals surface area contributed by atoms with Crippen molar-refractivity contribution in [1.29, 1.82) is 0 Å². The molecule has 1 aromatic carbocycles. The predicted molar refractivity (Wildman–Crippen MR) is 69.0 cm³/mol. The molecular weight excluding hydrogens is 253 g/mol. The highest BCUT2D eigenvalue weighted by Crippen LogP contribution is 2.18.